The zero-order valence-corrected chi connectivity index (χ0v) is 11.8. The minimum absolute atomic E-state index is 0.0345. The first-order valence-electron chi connectivity index (χ1n) is 7.31. The van der Waals surface area contributed by atoms with Gasteiger partial charge in [-0.25, -0.2) is 0 Å². The lowest BCUT2D eigenvalue weighted by Crippen LogP contribution is -2.46. The van der Waals surface area contributed by atoms with Gasteiger partial charge >= 0.3 is 0 Å². The molecule has 1 N–H and O–H groups in total. The van der Waals surface area contributed by atoms with E-state index in [4.69, 9.17) is 4.74 Å². The Balaban J connectivity index is 2.00. The van der Waals surface area contributed by atoms with E-state index in [2.05, 4.69) is 31.0 Å². The summed E-state index contributed by atoms with van der Waals surface area (Å²) >= 11 is 0. The van der Waals surface area contributed by atoms with Crippen molar-refractivity contribution in [2.24, 2.45) is 5.92 Å². The Morgan fingerprint density at radius 1 is 1.44 bits per heavy atom. The molecule has 2 saturated heterocycles. The van der Waals surface area contributed by atoms with E-state index in [1.54, 1.807) is 0 Å². The second-order valence-corrected chi connectivity index (χ2v) is 5.62. The zero-order chi connectivity index (χ0) is 13.1. The number of rotatable bonds is 4. The van der Waals surface area contributed by atoms with Crippen LogP contribution in [0.15, 0.2) is 0 Å². The second-order valence-electron chi connectivity index (χ2n) is 5.62. The van der Waals surface area contributed by atoms with Gasteiger partial charge in [-0.15, -0.1) is 0 Å². The molecule has 0 aliphatic carbocycles. The van der Waals surface area contributed by atoms with Crippen LogP contribution >= 0.6 is 0 Å². The summed E-state index contributed by atoms with van der Waals surface area (Å²) in [6, 6.07) is 0.359. The van der Waals surface area contributed by atoms with Gasteiger partial charge in [0.05, 0.1) is 12.2 Å². The summed E-state index contributed by atoms with van der Waals surface area (Å²) < 4.78 is 5.41. The third-order valence-electron chi connectivity index (χ3n) is 4.38. The molecule has 1 amide bonds. The van der Waals surface area contributed by atoms with E-state index in [0.717, 1.165) is 38.9 Å². The number of ether oxygens (including phenoxy) is 1. The number of carbonyl (C=O) groups is 1. The fraction of sp³-hybridized carbons (Fsp3) is 0.929. The summed E-state index contributed by atoms with van der Waals surface area (Å²) in [6.07, 6.45) is 4.33. The van der Waals surface area contributed by atoms with Crippen molar-refractivity contribution in [2.45, 2.75) is 64.7 Å². The molecule has 2 rings (SSSR count). The Bertz CT molecular complexity index is 290. The van der Waals surface area contributed by atoms with E-state index < -0.39 is 0 Å². The maximum absolute atomic E-state index is 12.4. The smallest absolute Gasteiger partial charge is 0.241 e. The van der Waals surface area contributed by atoms with Crippen LogP contribution in [0.2, 0.25) is 0 Å². The third-order valence-corrected chi connectivity index (χ3v) is 4.38. The fourth-order valence-electron chi connectivity index (χ4n) is 3.29. The van der Waals surface area contributed by atoms with Crippen LogP contribution in [0, 0.1) is 5.92 Å². The van der Waals surface area contributed by atoms with Crippen LogP contribution in [0.1, 0.15) is 46.5 Å². The molecule has 0 radical (unpaired) electrons. The van der Waals surface area contributed by atoms with Gasteiger partial charge in [0.15, 0.2) is 0 Å². The molecule has 4 nitrogen and oxygen atoms in total. The van der Waals surface area contributed by atoms with Gasteiger partial charge in [-0.05, 0) is 39.0 Å². The topological polar surface area (TPSA) is 41.6 Å². The van der Waals surface area contributed by atoms with Gasteiger partial charge in [0.25, 0.3) is 0 Å². The lowest BCUT2D eigenvalue weighted by Gasteiger charge is -2.36. The molecule has 18 heavy (non-hydrogen) atoms. The van der Waals surface area contributed by atoms with E-state index in [1.165, 1.54) is 0 Å². The fourth-order valence-corrected chi connectivity index (χ4v) is 3.29. The number of nitrogens with one attached hydrogen (secondary N) is 1. The molecule has 0 aromatic heterocycles. The molecule has 4 heteroatoms. The molecular formula is C14H26N2O2. The summed E-state index contributed by atoms with van der Waals surface area (Å²) in [7, 11) is 0. The van der Waals surface area contributed by atoms with Gasteiger partial charge in [-0.3, -0.25) is 10.1 Å². The van der Waals surface area contributed by atoms with Crippen LogP contribution in [0.25, 0.3) is 0 Å². The Morgan fingerprint density at radius 2 is 2.11 bits per heavy atom. The minimum Gasteiger partial charge on any atom is -0.381 e. The van der Waals surface area contributed by atoms with E-state index >= 15 is 0 Å². The highest BCUT2D eigenvalue weighted by Crippen LogP contribution is 2.27. The predicted octanol–water partition coefficient (Wildman–Crippen LogP) is 1.75. The van der Waals surface area contributed by atoms with Crippen LogP contribution in [0.4, 0.5) is 0 Å². The summed E-state index contributed by atoms with van der Waals surface area (Å²) in [5.41, 5.74) is 0. The average molecular weight is 254 g/mol. The second kappa shape index (κ2) is 6.02. The average Bonchev–Trinajstić information content (AvgIpc) is 2.65. The first-order valence-corrected chi connectivity index (χ1v) is 7.31. The van der Waals surface area contributed by atoms with Crippen molar-refractivity contribution in [1.82, 2.24) is 10.2 Å². The van der Waals surface area contributed by atoms with E-state index in [-0.39, 0.29) is 12.2 Å². The Hall–Kier alpha value is -0.610. The van der Waals surface area contributed by atoms with Crippen LogP contribution in [0.3, 0.4) is 0 Å². The molecule has 3 unspecified atom stereocenters. The molecule has 2 aliphatic rings. The zero-order valence-electron chi connectivity index (χ0n) is 11.8. The molecule has 2 heterocycles. The Morgan fingerprint density at radius 3 is 2.72 bits per heavy atom. The molecule has 2 fully saturated rings. The van der Waals surface area contributed by atoms with Crippen molar-refractivity contribution in [3.8, 4) is 0 Å². The first kappa shape index (κ1) is 13.8. The largest absolute Gasteiger partial charge is 0.381 e. The van der Waals surface area contributed by atoms with Crippen LogP contribution in [0.5, 0.6) is 0 Å². The summed E-state index contributed by atoms with van der Waals surface area (Å²) in [5, 5.41) is 3.42. The highest BCUT2D eigenvalue weighted by molar-refractivity contribution is 5.84. The standard InChI is InChI=1S/C14H26N2O2/c1-4-5-13-14(17)16(11(3)15-13)10(2)12-6-8-18-9-7-12/h10-13,15H,4-9H2,1-3H3. The molecule has 0 aromatic rings. The molecule has 0 aromatic carbocycles. The van der Waals surface area contributed by atoms with Gasteiger partial charge in [0.1, 0.15) is 0 Å². The number of nitrogens with zero attached hydrogens (tertiary/aromatic N) is 1. The molecular weight excluding hydrogens is 228 g/mol. The molecule has 104 valence electrons. The summed E-state index contributed by atoms with van der Waals surface area (Å²) in [6.45, 7) is 8.11. The van der Waals surface area contributed by atoms with E-state index in [1.807, 2.05) is 0 Å². The molecule has 3 atom stereocenters. The molecule has 0 bridgehead atoms. The van der Waals surface area contributed by atoms with Crippen molar-refractivity contribution in [3.05, 3.63) is 0 Å². The maximum atomic E-state index is 12.4. The number of hydrogen-bond acceptors (Lipinski definition) is 3. The Kier molecular flexibility index (Phi) is 4.62. The van der Waals surface area contributed by atoms with Crippen LogP contribution in [-0.2, 0) is 9.53 Å². The highest BCUT2D eigenvalue weighted by Gasteiger charge is 2.40. The van der Waals surface area contributed by atoms with Crippen molar-refractivity contribution in [3.63, 3.8) is 0 Å². The maximum Gasteiger partial charge on any atom is 0.241 e. The minimum atomic E-state index is 0.0345. The SMILES string of the molecule is CCCC1NC(C)N(C(C)C2CCOCC2)C1=O. The van der Waals surface area contributed by atoms with Crippen molar-refractivity contribution in [1.29, 1.82) is 0 Å². The lowest BCUT2D eigenvalue weighted by molar-refractivity contribution is -0.133. The monoisotopic (exact) mass is 254 g/mol. The van der Waals surface area contributed by atoms with Gasteiger partial charge < -0.3 is 9.64 Å². The van der Waals surface area contributed by atoms with Crippen LogP contribution < -0.4 is 5.32 Å². The van der Waals surface area contributed by atoms with E-state index in [9.17, 15) is 4.79 Å². The van der Waals surface area contributed by atoms with Gasteiger partial charge in [-0.1, -0.05) is 13.3 Å². The normalized spacial score (nSPS) is 31.9. The highest BCUT2D eigenvalue weighted by atomic mass is 16.5. The predicted molar refractivity (Wildman–Crippen MR) is 71.1 cm³/mol. The van der Waals surface area contributed by atoms with E-state index in [0.29, 0.717) is 17.9 Å². The molecule has 2 aliphatic heterocycles. The van der Waals surface area contributed by atoms with Gasteiger partial charge in [0, 0.05) is 19.3 Å². The van der Waals surface area contributed by atoms with Gasteiger partial charge in [0.2, 0.25) is 5.91 Å². The number of amides is 1. The van der Waals surface area contributed by atoms with Crippen LogP contribution in [-0.4, -0.2) is 42.3 Å². The summed E-state index contributed by atoms with van der Waals surface area (Å²) in [5.74, 6) is 0.885. The number of carbonyl (C=O) groups excluding carboxylic acids is 1. The first-order chi connectivity index (χ1) is 8.65. The third kappa shape index (κ3) is 2.69. The van der Waals surface area contributed by atoms with Gasteiger partial charge in [-0.2, -0.15) is 0 Å². The quantitative estimate of drug-likeness (QED) is 0.831. The van der Waals surface area contributed by atoms with Crippen molar-refractivity contribution in [2.75, 3.05) is 13.2 Å². The Labute approximate surface area is 110 Å². The molecule has 0 saturated carbocycles. The van der Waals surface area contributed by atoms with Crippen molar-refractivity contribution < 1.29 is 9.53 Å². The number of hydrogen-bond donors (Lipinski definition) is 1. The molecule has 0 spiro atoms. The summed E-state index contributed by atoms with van der Waals surface area (Å²) in [4.78, 5) is 14.5. The van der Waals surface area contributed by atoms with Crippen molar-refractivity contribution >= 4 is 5.91 Å². The lowest BCUT2D eigenvalue weighted by atomic mass is 9.91.